The molecule has 3 heteroatoms. The van der Waals surface area contributed by atoms with Crippen LogP contribution in [0.25, 0.3) is 21.2 Å². The molecular formula is C18H18ClNS. The molecule has 108 valence electrons. The van der Waals surface area contributed by atoms with Crippen LogP contribution < -0.4 is 5.32 Å². The van der Waals surface area contributed by atoms with Crippen LogP contribution in [0.4, 0.5) is 0 Å². The molecule has 0 saturated heterocycles. The minimum absolute atomic E-state index is 0.826. The molecule has 1 N–H and O–H groups in total. The van der Waals surface area contributed by atoms with Gasteiger partial charge in [0.1, 0.15) is 0 Å². The number of rotatable bonds is 5. The predicted molar refractivity (Wildman–Crippen MR) is 94.3 cm³/mol. The van der Waals surface area contributed by atoms with Crippen LogP contribution >= 0.6 is 22.9 Å². The van der Waals surface area contributed by atoms with Gasteiger partial charge in [0, 0.05) is 27.4 Å². The first-order valence-corrected chi connectivity index (χ1v) is 8.51. The van der Waals surface area contributed by atoms with Crippen molar-refractivity contribution in [3.8, 4) is 11.1 Å². The zero-order valence-corrected chi connectivity index (χ0v) is 13.6. The molecule has 0 amide bonds. The Bertz CT molecular complexity index is 748. The van der Waals surface area contributed by atoms with Gasteiger partial charge in [0.25, 0.3) is 0 Å². The first-order chi connectivity index (χ1) is 10.3. The average molecular weight is 316 g/mol. The van der Waals surface area contributed by atoms with Crippen molar-refractivity contribution >= 4 is 33.0 Å². The van der Waals surface area contributed by atoms with E-state index in [1.54, 1.807) is 11.3 Å². The van der Waals surface area contributed by atoms with Crippen molar-refractivity contribution in [3.05, 3.63) is 58.4 Å². The van der Waals surface area contributed by atoms with Gasteiger partial charge in [0.15, 0.2) is 0 Å². The summed E-state index contributed by atoms with van der Waals surface area (Å²) in [5.74, 6) is 0. The zero-order chi connectivity index (χ0) is 14.7. The lowest BCUT2D eigenvalue weighted by Crippen LogP contribution is -2.13. The molecule has 0 atom stereocenters. The number of halogens is 1. The fraction of sp³-hybridized carbons (Fsp3) is 0.222. The first-order valence-electron chi connectivity index (χ1n) is 7.25. The van der Waals surface area contributed by atoms with Crippen molar-refractivity contribution in [2.75, 3.05) is 6.54 Å². The van der Waals surface area contributed by atoms with Gasteiger partial charge in [0.2, 0.25) is 0 Å². The molecular weight excluding hydrogens is 298 g/mol. The monoisotopic (exact) mass is 315 g/mol. The van der Waals surface area contributed by atoms with E-state index in [2.05, 4.69) is 60.1 Å². The lowest BCUT2D eigenvalue weighted by molar-refractivity contribution is 0.675. The quantitative estimate of drug-likeness (QED) is 0.594. The summed E-state index contributed by atoms with van der Waals surface area (Å²) >= 11 is 8.29. The number of benzene rings is 2. The van der Waals surface area contributed by atoms with Gasteiger partial charge in [-0.05, 0) is 41.4 Å². The van der Waals surface area contributed by atoms with Gasteiger partial charge in [-0.2, -0.15) is 0 Å². The van der Waals surface area contributed by atoms with E-state index >= 15 is 0 Å². The molecule has 0 spiro atoms. The van der Waals surface area contributed by atoms with Crippen molar-refractivity contribution in [2.45, 2.75) is 19.9 Å². The molecule has 3 aromatic rings. The Morgan fingerprint density at radius 1 is 1.10 bits per heavy atom. The van der Waals surface area contributed by atoms with Crippen LogP contribution in [-0.2, 0) is 6.54 Å². The van der Waals surface area contributed by atoms with E-state index in [9.17, 15) is 0 Å². The maximum absolute atomic E-state index is 6.52. The third-order valence-corrected chi connectivity index (χ3v) is 4.83. The summed E-state index contributed by atoms with van der Waals surface area (Å²) in [5.41, 5.74) is 3.57. The average Bonchev–Trinajstić information content (AvgIpc) is 2.96. The third-order valence-electron chi connectivity index (χ3n) is 3.56. The van der Waals surface area contributed by atoms with Crippen molar-refractivity contribution < 1.29 is 0 Å². The third kappa shape index (κ3) is 3.13. The minimum atomic E-state index is 0.826. The van der Waals surface area contributed by atoms with Gasteiger partial charge >= 0.3 is 0 Å². The fourth-order valence-corrected chi connectivity index (χ4v) is 3.73. The Labute approximate surface area is 134 Å². The van der Waals surface area contributed by atoms with E-state index in [1.165, 1.54) is 21.2 Å². The lowest BCUT2D eigenvalue weighted by atomic mass is 10.0. The highest BCUT2D eigenvalue weighted by Gasteiger charge is 2.09. The van der Waals surface area contributed by atoms with Crippen LogP contribution in [0, 0.1) is 0 Å². The van der Waals surface area contributed by atoms with E-state index < -0.39 is 0 Å². The van der Waals surface area contributed by atoms with Crippen LogP contribution in [0.5, 0.6) is 0 Å². The molecule has 0 radical (unpaired) electrons. The molecule has 21 heavy (non-hydrogen) atoms. The largest absolute Gasteiger partial charge is 0.313 e. The predicted octanol–water partition coefficient (Wildman–Crippen LogP) is 5.72. The molecule has 0 bridgehead atoms. The molecule has 2 aromatic carbocycles. The fourth-order valence-electron chi connectivity index (χ4n) is 2.50. The molecule has 0 fully saturated rings. The van der Waals surface area contributed by atoms with Crippen LogP contribution in [0.1, 0.15) is 18.9 Å². The highest BCUT2D eigenvalue weighted by Crippen LogP contribution is 2.36. The molecule has 3 rings (SSSR count). The second-order valence-electron chi connectivity index (χ2n) is 5.14. The Balaban J connectivity index is 1.94. The number of hydrogen-bond donors (Lipinski definition) is 1. The van der Waals surface area contributed by atoms with Gasteiger partial charge in [-0.1, -0.05) is 48.9 Å². The van der Waals surface area contributed by atoms with Crippen LogP contribution in [0.2, 0.25) is 5.02 Å². The summed E-state index contributed by atoms with van der Waals surface area (Å²) in [5, 5.41) is 7.64. The molecule has 1 nitrogen and oxygen atoms in total. The highest BCUT2D eigenvalue weighted by atomic mass is 35.5. The lowest BCUT2D eigenvalue weighted by Gasteiger charge is -2.09. The Morgan fingerprint density at radius 2 is 2.00 bits per heavy atom. The second kappa shape index (κ2) is 6.61. The van der Waals surface area contributed by atoms with Gasteiger partial charge in [-0.25, -0.2) is 0 Å². The van der Waals surface area contributed by atoms with E-state index in [0.717, 1.165) is 30.1 Å². The van der Waals surface area contributed by atoms with Gasteiger partial charge in [-0.15, -0.1) is 11.3 Å². The summed E-state index contributed by atoms with van der Waals surface area (Å²) in [7, 11) is 0. The number of nitrogens with one attached hydrogen (secondary N) is 1. The SMILES string of the molecule is CCCNCc1ccc(-c2cccc3ccsc23)c(Cl)c1. The molecule has 0 saturated carbocycles. The van der Waals surface area contributed by atoms with Gasteiger partial charge < -0.3 is 5.32 Å². The Hall–Kier alpha value is -1.35. The van der Waals surface area contributed by atoms with E-state index in [0.29, 0.717) is 0 Å². The summed E-state index contributed by atoms with van der Waals surface area (Å²) in [6, 6.07) is 14.9. The van der Waals surface area contributed by atoms with Crippen molar-refractivity contribution in [2.24, 2.45) is 0 Å². The van der Waals surface area contributed by atoms with Crippen molar-refractivity contribution in [1.29, 1.82) is 0 Å². The molecule has 0 unspecified atom stereocenters. The van der Waals surface area contributed by atoms with Crippen molar-refractivity contribution in [3.63, 3.8) is 0 Å². The standard InChI is InChI=1S/C18H18ClNS/c1-2-9-20-12-13-6-7-15(17(19)11-13)16-5-3-4-14-8-10-21-18(14)16/h3-8,10-11,20H,2,9,12H2,1H3. The van der Waals surface area contributed by atoms with E-state index in [4.69, 9.17) is 11.6 Å². The van der Waals surface area contributed by atoms with E-state index in [-0.39, 0.29) is 0 Å². The first kappa shape index (κ1) is 14.6. The molecule has 0 aliphatic rings. The summed E-state index contributed by atoms with van der Waals surface area (Å²) in [6.45, 7) is 4.08. The second-order valence-corrected chi connectivity index (χ2v) is 6.46. The summed E-state index contributed by atoms with van der Waals surface area (Å²) in [4.78, 5) is 0. The van der Waals surface area contributed by atoms with Crippen LogP contribution in [0.3, 0.4) is 0 Å². The molecule has 0 aliphatic carbocycles. The topological polar surface area (TPSA) is 12.0 Å². The Kier molecular flexibility index (Phi) is 4.59. The van der Waals surface area contributed by atoms with Crippen molar-refractivity contribution in [1.82, 2.24) is 5.32 Å². The zero-order valence-electron chi connectivity index (χ0n) is 12.0. The molecule has 1 aromatic heterocycles. The van der Waals surface area contributed by atoms with Gasteiger partial charge in [0.05, 0.1) is 0 Å². The number of fused-ring (bicyclic) bond motifs is 1. The summed E-state index contributed by atoms with van der Waals surface area (Å²) < 4.78 is 1.30. The van der Waals surface area contributed by atoms with E-state index in [1.807, 2.05) is 0 Å². The molecule has 0 aliphatic heterocycles. The van der Waals surface area contributed by atoms with Crippen LogP contribution in [-0.4, -0.2) is 6.54 Å². The minimum Gasteiger partial charge on any atom is -0.313 e. The smallest absolute Gasteiger partial charge is 0.0488 e. The maximum Gasteiger partial charge on any atom is 0.0488 e. The number of hydrogen-bond acceptors (Lipinski definition) is 2. The maximum atomic E-state index is 6.52. The summed E-state index contributed by atoms with van der Waals surface area (Å²) in [6.07, 6.45) is 1.15. The highest BCUT2D eigenvalue weighted by molar-refractivity contribution is 7.17. The Morgan fingerprint density at radius 3 is 2.81 bits per heavy atom. The number of thiophene rings is 1. The van der Waals surface area contributed by atoms with Crippen LogP contribution in [0.15, 0.2) is 47.8 Å². The van der Waals surface area contributed by atoms with Gasteiger partial charge in [-0.3, -0.25) is 0 Å². The normalized spacial score (nSPS) is 11.1. The molecule has 1 heterocycles.